The fourth-order valence-corrected chi connectivity index (χ4v) is 8.21. The number of carboxylic acid groups (broad SMARTS) is 6. The van der Waals surface area contributed by atoms with E-state index in [0.717, 1.165) is 64.5 Å². The van der Waals surface area contributed by atoms with Gasteiger partial charge in [-0.2, -0.15) is 0 Å². The van der Waals surface area contributed by atoms with Crippen LogP contribution in [0.2, 0.25) is 0 Å². The van der Waals surface area contributed by atoms with E-state index in [1.807, 2.05) is 27.7 Å². The van der Waals surface area contributed by atoms with Crippen molar-refractivity contribution in [2.75, 3.05) is 40.3 Å². The van der Waals surface area contributed by atoms with Gasteiger partial charge in [-0.1, -0.05) is 40.5 Å². The summed E-state index contributed by atoms with van der Waals surface area (Å²) in [5, 5.41) is 61.2. The quantitative estimate of drug-likeness (QED) is 0.0233. The molecule has 3 amide bonds. The van der Waals surface area contributed by atoms with E-state index in [1.54, 1.807) is 0 Å². The minimum atomic E-state index is -1.63. The number of primary amides is 2. The standard InChI is InChI=1S/C20H32N4O9.C15H27N3O7.C6H10O2.2C5H9NO2/c1-10(2)8-13(20(31)33-18(29)11(21)4-6-15(22)25)24(3)9-14(17(27)28)32-19(30)12-5-7-16(26)23-12;1-8(2)6-10(13(20)21)18(3)7-11(14(22)23)25-15(24)9(16)4-5-12(17)19;7-6(8)5-3-1-2-4-5;2*7-5(8)4-2-1-3-6-4/h10-14H,4-9,21H2,1-3H3,(H2,22,25)(H,23,26)(H,27,28);8-11H,4-7,16H2,1-3H3,(H2,17,19)(H,20,21)(H,22,23);5H,1-4H2,(H,7,8);2*4,6H,1-3H2,(H,7,8)/t11-,12-,13-,14?;9-,10-,11?;;2*4-/m00.00/s1. The van der Waals surface area contributed by atoms with Crippen LogP contribution in [0.4, 0.5) is 0 Å². The van der Waals surface area contributed by atoms with Crippen LogP contribution >= 0.6 is 0 Å². The molecule has 4 fully saturated rings. The van der Waals surface area contributed by atoms with Crippen molar-refractivity contribution in [3.63, 3.8) is 0 Å². The van der Waals surface area contributed by atoms with Gasteiger partial charge in [0.05, 0.1) is 5.92 Å². The molecule has 1 saturated carbocycles. The first-order valence-electron chi connectivity index (χ1n) is 27.0. The fraction of sp³-hybridized carbons (Fsp3) is 0.745. The number of esters is 4. The van der Waals surface area contributed by atoms with E-state index in [2.05, 4.69) is 16.0 Å². The summed E-state index contributed by atoms with van der Waals surface area (Å²) in [6.45, 7) is 8.34. The van der Waals surface area contributed by atoms with Crippen LogP contribution in [-0.2, 0) is 76.5 Å². The highest BCUT2D eigenvalue weighted by molar-refractivity contribution is 5.91. The summed E-state index contributed by atoms with van der Waals surface area (Å²) in [5.74, 6) is -11.5. The molecule has 0 spiro atoms. The summed E-state index contributed by atoms with van der Waals surface area (Å²) in [6.07, 6.45) is 4.76. The van der Waals surface area contributed by atoms with E-state index in [1.165, 1.54) is 23.9 Å². The second-order valence-electron chi connectivity index (χ2n) is 21.0. The summed E-state index contributed by atoms with van der Waals surface area (Å²) < 4.78 is 14.8. The Morgan fingerprint density at radius 1 is 0.549 bits per heavy atom. The summed E-state index contributed by atoms with van der Waals surface area (Å²) in [4.78, 5) is 149. The van der Waals surface area contributed by atoms with Gasteiger partial charge in [0.1, 0.15) is 42.3 Å². The second-order valence-corrected chi connectivity index (χ2v) is 21.0. The molecule has 31 nitrogen and oxygen atoms in total. The van der Waals surface area contributed by atoms with Gasteiger partial charge < -0.3 is 83.7 Å². The van der Waals surface area contributed by atoms with Crippen LogP contribution < -0.4 is 38.9 Å². The average Bonchev–Trinajstić information content (AvgIpc) is 4.27. The molecule has 82 heavy (non-hydrogen) atoms. The number of carbonyl (C=O) groups excluding carboxylic acids is 7. The van der Waals surface area contributed by atoms with E-state index in [-0.39, 0.29) is 93.8 Å². The first-order valence-corrected chi connectivity index (χ1v) is 27.0. The molecule has 0 radical (unpaired) electrons. The number of likely N-dealkylation sites (N-methyl/N-ethyl adjacent to an activating group) is 2. The van der Waals surface area contributed by atoms with E-state index < -0.39 is 114 Å². The molecule has 3 aliphatic heterocycles. The zero-order valence-corrected chi connectivity index (χ0v) is 47.5. The molecule has 1 aliphatic carbocycles. The third-order valence-corrected chi connectivity index (χ3v) is 12.9. The van der Waals surface area contributed by atoms with Gasteiger partial charge in [-0.3, -0.25) is 48.2 Å². The van der Waals surface area contributed by atoms with E-state index in [4.69, 9.17) is 52.5 Å². The Morgan fingerprint density at radius 2 is 0.976 bits per heavy atom. The topological polar surface area (TPSA) is 518 Å². The molecule has 0 aromatic rings. The number of carboxylic acids is 6. The van der Waals surface area contributed by atoms with Gasteiger partial charge in [-0.05, 0) is 110 Å². The maximum absolute atomic E-state index is 12.7. The maximum Gasteiger partial charge on any atom is 0.346 e. The van der Waals surface area contributed by atoms with Gasteiger partial charge in [0.15, 0.2) is 0 Å². The Balaban J connectivity index is 0.00000115. The van der Waals surface area contributed by atoms with Crippen molar-refractivity contribution in [3.05, 3.63) is 0 Å². The fourth-order valence-electron chi connectivity index (χ4n) is 8.21. The Labute approximate surface area is 475 Å². The number of nitrogens with zero attached hydrogens (tertiary/aromatic N) is 2. The van der Waals surface area contributed by atoms with Crippen molar-refractivity contribution in [2.45, 2.75) is 185 Å². The predicted molar refractivity (Wildman–Crippen MR) is 286 cm³/mol. The third kappa shape index (κ3) is 31.9. The van der Waals surface area contributed by atoms with Crippen molar-refractivity contribution >= 4 is 77.4 Å². The largest absolute Gasteiger partial charge is 0.481 e. The van der Waals surface area contributed by atoms with Gasteiger partial charge in [-0.15, -0.1) is 0 Å². The number of aliphatic carboxylic acids is 6. The zero-order valence-electron chi connectivity index (χ0n) is 47.5. The number of nitrogens with one attached hydrogen (secondary N) is 3. The summed E-state index contributed by atoms with van der Waals surface area (Å²) >= 11 is 0. The summed E-state index contributed by atoms with van der Waals surface area (Å²) in [7, 11) is 2.87. The SMILES string of the molecule is CC(C)C[C@@H](C(=O)O)N(C)CC(OC(=O)[C@@H](N)CCC(N)=O)C(=O)O.CC(C)C[C@@H](C(=O)OC(=O)[C@@H](N)CCC(N)=O)N(C)CC(OC(=O)[C@@H]1CCC(=O)N1)C(=O)O.O=C(O)C1CCCC1.O=C(O)[C@@H]1CCCN1.O=C(O)[C@@H]1CCCN1. The van der Waals surface area contributed by atoms with Gasteiger partial charge in [0.25, 0.3) is 0 Å². The number of ether oxygens (including phenoxy) is 3. The molecular formula is C51H87N9O22. The summed E-state index contributed by atoms with van der Waals surface area (Å²) in [6, 6.07) is -5.84. The lowest BCUT2D eigenvalue weighted by atomic mass is 10.0. The maximum atomic E-state index is 12.7. The number of hydrogen-bond donors (Lipinski definition) is 13. The number of amides is 3. The highest BCUT2D eigenvalue weighted by Gasteiger charge is 2.37. The molecule has 0 aromatic heterocycles. The first-order chi connectivity index (χ1) is 38.2. The zero-order chi connectivity index (χ0) is 63.0. The molecule has 17 N–H and O–H groups in total. The predicted octanol–water partition coefficient (Wildman–Crippen LogP) is -1.82. The van der Waals surface area contributed by atoms with Crippen molar-refractivity contribution in [3.8, 4) is 0 Å². The minimum Gasteiger partial charge on any atom is -0.481 e. The van der Waals surface area contributed by atoms with E-state index in [0.29, 0.717) is 6.42 Å². The molecule has 3 saturated heterocycles. The number of nitrogens with two attached hydrogens (primary N) is 4. The number of rotatable bonds is 28. The van der Waals surface area contributed by atoms with Gasteiger partial charge in [0, 0.05) is 32.4 Å². The Kier molecular flexibility index (Phi) is 36.2. The normalized spacial score (nSPS) is 19.5. The highest BCUT2D eigenvalue weighted by Crippen LogP contribution is 2.24. The van der Waals surface area contributed by atoms with Gasteiger partial charge in [-0.25, -0.2) is 24.0 Å². The van der Waals surface area contributed by atoms with Crippen molar-refractivity contribution in [1.29, 1.82) is 0 Å². The molecule has 468 valence electrons. The molecular weight excluding hydrogens is 1090 g/mol. The number of hydrogen-bond acceptors (Lipinski definition) is 22. The third-order valence-electron chi connectivity index (χ3n) is 12.9. The Bertz CT molecular complexity index is 2070. The summed E-state index contributed by atoms with van der Waals surface area (Å²) in [5.41, 5.74) is 21.1. The minimum absolute atomic E-state index is 0.0185. The van der Waals surface area contributed by atoms with Crippen LogP contribution in [0.1, 0.15) is 130 Å². The molecule has 2 unspecified atom stereocenters. The van der Waals surface area contributed by atoms with E-state index in [9.17, 15) is 77.6 Å². The lowest BCUT2D eigenvalue weighted by Crippen LogP contribution is -2.49. The van der Waals surface area contributed by atoms with Crippen LogP contribution in [0.25, 0.3) is 0 Å². The lowest BCUT2D eigenvalue weighted by molar-refractivity contribution is -0.170. The van der Waals surface area contributed by atoms with Gasteiger partial charge >= 0.3 is 59.7 Å². The van der Waals surface area contributed by atoms with Crippen molar-refractivity contribution < 1.29 is 107 Å². The smallest absolute Gasteiger partial charge is 0.346 e. The average molecular weight is 1180 g/mol. The Morgan fingerprint density at radius 3 is 1.30 bits per heavy atom. The molecule has 9 atom stereocenters. The van der Waals surface area contributed by atoms with Crippen LogP contribution in [0.3, 0.4) is 0 Å². The molecule has 4 rings (SSSR count). The molecule has 0 aromatic carbocycles. The Hall–Kier alpha value is -6.93. The van der Waals surface area contributed by atoms with Crippen molar-refractivity contribution in [1.82, 2.24) is 25.8 Å². The number of carbonyl (C=O) groups is 13. The molecule has 3 heterocycles. The monoisotopic (exact) mass is 1180 g/mol. The van der Waals surface area contributed by atoms with E-state index >= 15 is 0 Å². The first kappa shape index (κ1) is 75.1. The molecule has 0 bridgehead atoms. The van der Waals surface area contributed by atoms with Crippen molar-refractivity contribution in [2.24, 2.45) is 40.7 Å². The van der Waals surface area contributed by atoms with Crippen LogP contribution in [-0.4, -0.2) is 213 Å². The van der Waals surface area contributed by atoms with Crippen LogP contribution in [0.5, 0.6) is 0 Å². The molecule has 4 aliphatic rings. The lowest BCUT2D eigenvalue weighted by Gasteiger charge is -2.29. The molecule has 31 heteroatoms. The second kappa shape index (κ2) is 39.5. The highest BCUT2D eigenvalue weighted by atomic mass is 16.6. The van der Waals surface area contributed by atoms with Crippen LogP contribution in [0, 0.1) is 17.8 Å². The van der Waals surface area contributed by atoms with Crippen LogP contribution in [0.15, 0.2) is 0 Å². The van der Waals surface area contributed by atoms with Gasteiger partial charge in [0.2, 0.25) is 29.9 Å².